The summed E-state index contributed by atoms with van der Waals surface area (Å²) >= 11 is 3.33. The van der Waals surface area contributed by atoms with Gasteiger partial charge in [0.1, 0.15) is 0 Å². The summed E-state index contributed by atoms with van der Waals surface area (Å²) in [6, 6.07) is 0. The molecule has 0 fully saturated rings. The Hall–Kier alpha value is -0.560. The third-order valence-corrected chi connectivity index (χ3v) is 5.10. The summed E-state index contributed by atoms with van der Waals surface area (Å²) in [6.07, 6.45) is -11.7. The minimum Gasteiger partial charge on any atom is -0.299 e. The molecule has 1 amide bonds. The number of rotatable bonds is 4. The van der Waals surface area contributed by atoms with Crippen LogP contribution in [0.3, 0.4) is 0 Å². The van der Waals surface area contributed by atoms with Crippen molar-refractivity contribution in [3.63, 3.8) is 0 Å². The number of nitrogens with zero attached hydrogens (tertiary/aromatic N) is 2. The predicted molar refractivity (Wildman–Crippen MR) is 68.7 cm³/mol. The molecule has 1 rings (SSSR count). The lowest BCUT2D eigenvalue weighted by atomic mass is 10.1. The highest BCUT2D eigenvalue weighted by molar-refractivity contribution is 9.10. The molecular formula is C8H6BrF6N3OS2. The van der Waals surface area contributed by atoms with Crippen LogP contribution in [0.1, 0.15) is 6.92 Å². The maximum atomic E-state index is 12.6. The molecule has 0 aromatic carbocycles. The molecule has 0 aliphatic heterocycles. The molecule has 120 valence electrons. The zero-order chi connectivity index (χ0) is 16.5. The first-order valence-electron chi connectivity index (χ1n) is 5.03. The van der Waals surface area contributed by atoms with Crippen LogP contribution in [0, 0.1) is 0 Å². The second kappa shape index (κ2) is 6.28. The van der Waals surface area contributed by atoms with E-state index in [9.17, 15) is 31.1 Å². The van der Waals surface area contributed by atoms with Gasteiger partial charge >= 0.3 is 12.4 Å². The molecule has 0 atom stereocenters. The Morgan fingerprint density at radius 1 is 1.24 bits per heavy atom. The monoisotopic (exact) mass is 417 g/mol. The van der Waals surface area contributed by atoms with Gasteiger partial charge in [-0.25, -0.2) is 0 Å². The van der Waals surface area contributed by atoms with E-state index in [1.54, 1.807) is 6.92 Å². The highest BCUT2D eigenvalue weighted by Crippen LogP contribution is 2.50. The number of anilines is 1. The van der Waals surface area contributed by atoms with Crippen molar-refractivity contribution in [2.45, 2.75) is 27.9 Å². The third-order valence-electron chi connectivity index (χ3n) is 1.99. The number of carbonyl (C=O) groups is 1. The zero-order valence-electron chi connectivity index (χ0n) is 9.97. The van der Waals surface area contributed by atoms with Crippen LogP contribution in [0.4, 0.5) is 31.5 Å². The molecule has 0 aliphatic carbocycles. The normalized spacial score (nSPS) is 13.3. The zero-order valence-corrected chi connectivity index (χ0v) is 13.2. The highest BCUT2D eigenvalue weighted by atomic mass is 79.9. The van der Waals surface area contributed by atoms with E-state index < -0.39 is 27.7 Å². The van der Waals surface area contributed by atoms with Crippen LogP contribution in [0.15, 0.2) is 4.34 Å². The molecule has 1 N–H and O–H groups in total. The van der Waals surface area contributed by atoms with Gasteiger partial charge in [-0.05, 0) is 5.75 Å². The van der Waals surface area contributed by atoms with Crippen LogP contribution < -0.4 is 5.32 Å². The Morgan fingerprint density at radius 3 is 2.19 bits per heavy atom. The average molecular weight is 418 g/mol. The summed E-state index contributed by atoms with van der Waals surface area (Å²) in [7, 11) is 0. The van der Waals surface area contributed by atoms with Crippen molar-refractivity contribution in [3.8, 4) is 0 Å². The van der Waals surface area contributed by atoms with Crippen molar-refractivity contribution in [3.05, 3.63) is 0 Å². The van der Waals surface area contributed by atoms with Crippen LogP contribution in [-0.4, -0.2) is 38.5 Å². The smallest absolute Gasteiger partial charge is 0.299 e. The van der Waals surface area contributed by atoms with Crippen molar-refractivity contribution in [1.29, 1.82) is 0 Å². The Labute approximate surface area is 130 Å². The van der Waals surface area contributed by atoms with E-state index in [-0.39, 0.29) is 0 Å². The van der Waals surface area contributed by atoms with E-state index in [1.807, 2.05) is 0 Å². The lowest BCUT2D eigenvalue weighted by Crippen LogP contribution is -2.59. The molecular weight excluding hydrogens is 412 g/mol. The van der Waals surface area contributed by atoms with Gasteiger partial charge in [-0.1, -0.05) is 46.0 Å². The second-order valence-electron chi connectivity index (χ2n) is 3.41. The van der Waals surface area contributed by atoms with E-state index in [0.717, 1.165) is 0 Å². The largest absolute Gasteiger partial charge is 0.421 e. The van der Waals surface area contributed by atoms with Crippen LogP contribution in [0.25, 0.3) is 0 Å². The summed E-state index contributed by atoms with van der Waals surface area (Å²) in [6.45, 7) is 1.77. The van der Waals surface area contributed by atoms with Crippen LogP contribution in [0.2, 0.25) is 0 Å². The molecule has 0 spiro atoms. The van der Waals surface area contributed by atoms with E-state index >= 15 is 0 Å². The summed E-state index contributed by atoms with van der Waals surface area (Å²) in [4.78, 5) is 11.4. The Balaban J connectivity index is 3.02. The summed E-state index contributed by atoms with van der Waals surface area (Å²) in [5.41, 5.74) is 0. The summed E-state index contributed by atoms with van der Waals surface area (Å²) < 4.78 is 71.3. The predicted octanol–water partition coefficient (Wildman–Crippen LogP) is 3.85. The first-order chi connectivity index (χ1) is 9.43. The van der Waals surface area contributed by atoms with Gasteiger partial charge in [-0.2, -0.15) is 26.3 Å². The van der Waals surface area contributed by atoms with Gasteiger partial charge in [0.25, 0.3) is 10.2 Å². The fourth-order valence-corrected chi connectivity index (χ4v) is 2.79. The maximum Gasteiger partial charge on any atom is 0.421 e. The molecule has 0 bridgehead atoms. The minimum atomic E-state index is -5.87. The van der Waals surface area contributed by atoms with Gasteiger partial charge in [0.15, 0.2) is 4.34 Å². The molecule has 21 heavy (non-hydrogen) atoms. The number of alkyl halides is 7. The number of halogens is 7. The number of hydrogen-bond acceptors (Lipinski definition) is 5. The molecule has 0 aliphatic rings. The Morgan fingerprint density at radius 2 is 1.76 bits per heavy atom. The molecule has 0 saturated heterocycles. The summed E-state index contributed by atoms with van der Waals surface area (Å²) in [5, 5.41) is 7.85. The van der Waals surface area contributed by atoms with Crippen molar-refractivity contribution >= 4 is 50.1 Å². The topological polar surface area (TPSA) is 54.9 Å². The van der Waals surface area contributed by atoms with Gasteiger partial charge in [0, 0.05) is 0 Å². The van der Waals surface area contributed by atoms with Gasteiger partial charge in [0.05, 0.1) is 0 Å². The Bertz CT molecular complexity index is 503. The molecule has 0 saturated carbocycles. The van der Waals surface area contributed by atoms with Crippen molar-refractivity contribution < 1.29 is 31.1 Å². The average Bonchev–Trinajstić information content (AvgIpc) is 2.72. The standard InChI is InChI=1S/C8H6BrF6N3OS2/c1-2-20-5-18-17-4(21-5)16-3(19)6(9,7(10,11)12)8(13,14)15/h2H2,1H3,(H,16,17,19). The molecule has 13 heteroatoms. The fraction of sp³-hybridized carbons (Fsp3) is 0.625. The molecule has 4 nitrogen and oxygen atoms in total. The van der Waals surface area contributed by atoms with E-state index in [2.05, 4.69) is 10.2 Å². The lowest BCUT2D eigenvalue weighted by molar-refractivity contribution is -0.253. The lowest BCUT2D eigenvalue weighted by Gasteiger charge is -2.30. The highest BCUT2D eigenvalue weighted by Gasteiger charge is 2.74. The van der Waals surface area contributed by atoms with Gasteiger partial charge in [-0.3, -0.25) is 10.1 Å². The van der Waals surface area contributed by atoms with E-state index in [0.29, 0.717) is 21.4 Å². The fourth-order valence-electron chi connectivity index (χ4n) is 1.04. The molecule has 0 radical (unpaired) electrons. The number of hydrogen-bond donors (Lipinski definition) is 1. The SMILES string of the molecule is CCSc1nnc(NC(=O)C(Br)(C(F)(F)F)C(F)(F)F)s1. The van der Waals surface area contributed by atoms with Gasteiger partial charge in [0.2, 0.25) is 5.13 Å². The molecule has 1 heterocycles. The number of aromatic nitrogens is 2. The van der Waals surface area contributed by atoms with Gasteiger partial charge < -0.3 is 0 Å². The van der Waals surface area contributed by atoms with Crippen molar-refractivity contribution in [1.82, 2.24) is 10.2 Å². The van der Waals surface area contributed by atoms with E-state index in [4.69, 9.17) is 0 Å². The van der Waals surface area contributed by atoms with Gasteiger partial charge in [-0.15, -0.1) is 10.2 Å². The summed E-state index contributed by atoms with van der Waals surface area (Å²) in [5.74, 6) is -1.75. The molecule has 1 aromatic heterocycles. The molecule has 1 aromatic rings. The molecule has 0 unspecified atom stereocenters. The van der Waals surface area contributed by atoms with Crippen molar-refractivity contribution in [2.24, 2.45) is 0 Å². The third kappa shape index (κ3) is 3.80. The Kier molecular flexibility index (Phi) is 5.53. The quantitative estimate of drug-likeness (QED) is 0.350. The number of carbonyl (C=O) groups excluding carboxylic acids is 1. The van der Waals surface area contributed by atoms with Crippen LogP contribution in [0.5, 0.6) is 0 Å². The minimum absolute atomic E-state index is 0.312. The van der Waals surface area contributed by atoms with Crippen LogP contribution in [-0.2, 0) is 4.79 Å². The maximum absolute atomic E-state index is 12.6. The van der Waals surface area contributed by atoms with E-state index in [1.165, 1.54) is 33.0 Å². The number of thioether (sulfide) groups is 1. The van der Waals surface area contributed by atoms with Crippen molar-refractivity contribution in [2.75, 3.05) is 11.1 Å². The first-order valence-corrected chi connectivity index (χ1v) is 7.63. The van der Waals surface area contributed by atoms with Crippen LogP contribution >= 0.6 is 39.0 Å². The number of amides is 1. The second-order valence-corrected chi connectivity index (χ2v) is 7.09. The first kappa shape index (κ1) is 18.5. The number of nitrogens with one attached hydrogen (secondary N) is 1.